The molecule has 94 valence electrons. The van der Waals surface area contributed by atoms with Gasteiger partial charge in [-0.15, -0.1) is 11.3 Å². The summed E-state index contributed by atoms with van der Waals surface area (Å²) in [4.78, 5) is 16.7. The Kier molecular flexibility index (Phi) is 3.78. The first-order valence-corrected chi connectivity index (χ1v) is 6.32. The van der Waals surface area contributed by atoms with Gasteiger partial charge < -0.3 is 4.84 Å². The second-order valence-electron chi connectivity index (χ2n) is 3.50. The number of nitrogens with zero attached hydrogens (tertiary/aromatic N) is 3. The van der Waals surface area contributed by atoms with Crippen LogP contribution in [0.2, 0.25) is 5.15 Å². The average molecular weight is 284 g/mol. The van der Waals surface area contributed by atoms with E-state index in [1.54, 1.807) is 31.5 Å². The highest BCUT2D eigenvalue weighted by atomic mass is 35.5. The summed E-state index contributed by atoms with van der Waals surface area (Å²) >= 11 is 7.30. The maximum atomic E-state index is 11.5. The second kappa shape index (κ2) is 5.32. The van der Waals surface area contributed by atoms with Gasteiger partial charge in [0.25, 0.3) is 0 Å². The zero-order valence-electron chi connectivity index (χ0n) is 9.75. The van der Waals surface area contributed by atoms with E-state index in [2.05, 4.69) is 10.3 Å². The third kappa shape index (κ3) is 2.60. The summed E-state index contributed by atoms with van der Waals surface area (Å²) in [7, 11) is 1.73. The van der Waals surface area contributed by atoms with Crippen molar-refractivity contribution in [2.24, 2.45) is 12.2 Å². The van der Waals surface area contributed by atoms with Crippen molar-refractivity contribution in [2.75, 3.05) is 0 Å². The summed E-state index contributed by atoms with van der Waals surface area (Å²) in [6.45, 7) is 1.80. The molecule has 0 aromatic carbocycles. The summed E-state index contributed by atoms with van der Waals surface area (Å²) in [6, 6.07) is 3.44. The van der Waals surface area contributed by atoms with Crippen LogP contribution in [0.3, 0.4) is 0 Å². The third-order valence-corrected chi connectivity index (χ3v) is 3.53. The molecule has 2 aromatic heterocycles. The van der Waals surface area contributed by atoms with Crippen LogP contribution in [0.15, 0.2) is 22.7 Å². The highest BCUT2D eigenvalue weighted by Gasteiger charge is 2.10. The Bertz CT molecular complexity index is 590. The van der Waals surface area contributed by atoms with Gasteiger partial charge in [-0.1, -0.05) is 22.8 Å². The van der Waals surface area contributed by atoms with E-state index in [9.17, 15) is 4.79 Å². The van der Waals surface area contributed by atoms with E-state index in [0.717, 1.165) is 5.69 Å². The van der Waals surface area contributed by atoms with Crippen LogP contribution in [0.4, 0.5) is 0 Å². The van der Waals surface area contributed by atoms with Crippen LogP contribution in [0.1, 0.15) is 20.9 Å². The number of halogens is 1. The summed E-state index contributed by atoms with van der Waals surface area (Å²) < 4.78 is 1.53. The molecule has 2 aromatic rings. The molecule has 2 rings (SSSR count). The largest absolute Gasteiger partial charge is 0.375 e. The Labute approximate surface area is 113 Å². The Morgan fingerprint density at radius 1 is 1.67 bits per heavy atom. The minimum atomic E-state index is -0.487. The molecule has 0 saturated carbocycles. The van der Waals surface area contributed by atoms with Gasteiger partial charge in [0.05, 0.1) is 17.5 Å². The molecule has 0 amide bonds. The Balaban J connectivity index is 2.06. The quantitative estimate of drug-likeness (QED) is 0.494. The van der Waals surface area contributed by atoms with Crippen LogP contribution in [-0.2, 0) is 11.9 Å². The third-order valence-electron chi connectivity index (χ3n) is 2.24. The molecule has 0 aliphatic carbocycles. The summed E-state index contributed by atoms with van der Waals surface area (Å²) in [6.07, 6.45) is 1.39. The molecule has 0 spiro atoms. The zero-order valence-corrected chi connectivity index (χ0v) is 11.3. The fourth-order valence-corrected chi connectivity index (χ4v) is 2.18. The normalized spacial score (nSPS) is 11.1. The molecule has 0 bridgehead atoms. The first kappa shape index (κ1) is 12.8. The average Bonchev–Trinajstić information content (AvgIpc) is 2.93. The molecule has 0 fully saturated rings. The maximum Gasteiger partial charge on any atom is 0.375 e. The van der Waals surface area contributed by atoms with Gasteiger partial charge in [0.2, 0.25) is 0 Å². The van der Waals surface area contributed by atoms with Crippen molar-refractivity contribution in [1.82, 2.24) is 9.78 Å². The zero-order chi connectivity index (χ0) is 13.1. The van der Waals surface area contributed by atoms with Crippen LogP contribution in [-0.4, -0.2) is 22.0 Å². The Hall–Kier alpha value is -1.66. The van der Waals surface area contributed by atoms with Gasteiger partial charge in [-0.2, -0.15) is 5.10 Å². The van der Waals surface area contributed by atoms with Gasteiger partial charge in [-0.05, 0) is 18.4 Å². The van der Waals surface area contributed by atoms with Crippen molar-refractivity contribution in [2.45, 2.75) is 6.92 Å². The van der Waals surface area contributed by atoms with Gasteiger partial charge in [0, 0.05) is 7.05 Å². The smallest absolute Gasteiger partial charge is 0.312 e. The minimum absolute atomic E-state index is 0.448. The highest BCUT2D eigenvalue weighted by molar-refractivity contribution is 7.11. The van der Waals surface area contributed by atoms with E-state index in [4.69, 9.17) is 16.4 Å². The standard InChI is InChI=1S/C11H10ClN3O2S/c1-7-8(10(12)15(2)14-7)6-13-17-11(16)9-4-3-5-18-9/h3-6H,1-2H3/b13-6+. The Morgan fingerprint density at radius 2 is 2.44 bits per heavy atom. The monoisotopic (exact) mass is 283 g/mol. The molecule has 0 unspecified atom stereocenters. The predicted molar refractivity (Wildman–Crippen MR) is 70.3 cm³/mol. The molecule has 0 atom stereocenters. The predicted octanol–water partition coefficient (Wildman–Crippen LogP) is 2.63. The fourth-order valence-electron chi connectivity index (χ4n) is 1.36. The number of rotatable bonds is 3. The summed E-state index contributed by atoms with van der Waals surface area (Å²) in [5.41, 5.74) is 1.36. The summed E-state index contributed by atoms with van der Waals surface area (Å²) in [5, 5.41) is 9.98. The van der Waals surface area contributed by atoms with Crippen molar-refractivity contribution in [1.29, 1.82) is 0 Å². The molecule has 0 aliphatic rings. The van der Waals surface area contributed by atoms with Crippen LogP contribution in [0.25, 0.3) is 0 Å². The Morgan fingerprint density at radius 3 is 3.00 bits per heavy atom. The lowest BCUT2D eigenvalue weighted by Crippen LogP contribution is -1.98. The fraction of sp³-hybridized carbons (Fsp3) is 0.182. The lowest BCUT2D eigenvalue weighted by atomic mass is 10.3. The molecule has 18 heavy (non-hydrogen) atoms. The van der Waals surface area contributed by atoms with E-state index >= 15 is 0 Å². The van der Waals surface area contributed by atoms with Gasteiger partial charge in [-0.3, -0.25) is 4.68 Å². The van der Waals surface area contributed by atoms with Crippen LogP contribution < -0.4 is 0 Å². The lowest BCUT2D eigenvalue weighted by Gasteiger charge is -1.94. The molecular formula is C11H10ClN3O2S. The van der Waals surface area contributed by atoms with Crippen LogP contribution in [0.5, 0.6) is 0 Å². The van der Waals surface area contributed by atoms with Crippen LogP contribution >= 0.6 is 22.9 Å². The SMILES string of the molecule is Cc1nn(C)c(Cl)c1/C=N/OC(=O)c1cccs1. The van der Waals surface area contributed by atoms with Crippen molar-refractivity contribution in [3.05, 3.63) is 38.8 Å². The molecule has 7 heteroatoms. The van der Waals surface area contributed by atoms with Gasteiger partial charge in [-0.25, -0.2) is 4.79 Å². The molecule has 0 aliphatic heterocycles. The van der Waals surface area contributed by atoms with Crippen molar-refractivity contribution in [3.63, 3.8) is 0 Å². The molecule has 2 heterocycles. The number of hydrogen-bond donors (Lipinski definition) is 0. The van der Waals surface area contributed by atoms with Crippen molar-refractivity contribution >= 4 is 35.1 Å². The van der Waals surface area contributed by atoms with Crippen LogP contribution in [0, 0.1) is 6.92 Å². The molecule has 5 nitrogen and oxygen atoms in total. The number of carbonyl (C=O) groups excluding carboxylic acids is 1. The van der Waals surface area contributed by atoms with E-state index < -0.39 is 5.97 Å². The first-order valence-electron chi connectivity index (χ1n) is 5.07. The van der Waals surface area contributed by atoms with E-state index in [1.165, 1.54) is 22.2 Å². The highest BCUT2D eigenvalue weighted by Crippen LogP contribution is 2.16. The van der Waals surface area contributed by atoms with Gasteiger partial charge in [0.1, 0.15) is 10.0 Å². The van der Waals surface area contributed by atoms with Crippen molar-refractivity contribution < 1.29 is 9.63 Å². The van der Waals surface area contributed by atoms with Gasteiger partial charge in [0.15, 0.2) is 0 Å². The second-order valence-corrected chi connectivity index (χ2v) is 4.81. The van der Waals surface area contributed by atoms with E-state index in [0.29, 0.717) is 15.6 Å². The minimum Gasteiger partial charge on any atom is -0.312 e. The van der Waals surface area contributed by atoms with Gasteiger partial charge >= 0.3 is 5.97 Å². The van der Waals surface area contributed by atoms with E-state index in [-0.39, 0.29) is 0 Å². The topological polar surface area (TPSA) is 56.5 Å². The molecule has 0 saturated heterocycles. The molecule has 0 N–H and O–H groups in total. The summed E-state index contributed by atoms with van der Waals surface area (Å²) in [5.74, 6) is -0.487. The molecular weight excluding hydrogens is 274 g/mol. The van der Waals surface area contributed by atoms with E-state index in [1.807, 2.05) is 0 Å². The number of aromatic nitrogens is 2. The number of hydrogen-bond acceptors (Lipinski definition) is 5. The molecule has 0 radical (unpaired) electrons. The first-order chi connectivity index (χ1) is 8.59. The number of aryl methyl sites for hydroxylation is 2. The van der Waals surface area contributed by atoms with Crippen molar-refractivity contribution in [3.8, 4) is 0 Å². The number of carbonyl (C=O) groups is 1. The number of oxime groups is 1. The lowest BCUT2D eigenvalue weighted by molar-refractivity contribution is 0.0525. The number of thiophene rings is 1. The maximum absolute atomic E-state index is 11.5.